The van der Waals surface area contributed by atoms with Gasteiger partial charge in [-0.25, -0.2) is 4.98 Å². The van der Waals surface area contributed by atoms with Gasteiger partial charge in [0.25, 0.3) is 0 Å². The van der Waals surface area contributed by atoms with Gasteiger partial charge in [-0.1, -0.05) is 27.2 Å². The smallest absolute Gasteiger partial charge is 0.0981 e. The Morgan fingerprint density at radius 1 is 1.42 bits per heavy atom. The van der Waals surface area contributed by atoms with Gasteiger partial charge in [0.05, 0.1) is 5.01 Å². The van der Waals surface area contributed by atoms with Crippen LogP contribution in [0.5, 0.6) is 0 Å². The summed E-state index contributed by atoms with van der Waals surface area (Å²) in [4.78, 5) is 8.38. The zero-order valence-corrected chi connectivity index (χ0v) is 13.5. The maximum Gasteiger partial charge on any atom is 0.0981 e. The molecule has 1 aliphatic rings. The standard InChI is InChI=1S/C15H27N3S/c1-15(2,3)14-17-11-13(19-14)10-16-9-12-7-5-6-8-18(12)4/h11-12,16H,5-10H2,1-4H3. The molecule has 0 radical (unpaired) electrons. The molecular formula is C15H27N3S. The molecule has 0 aliphatic carbocycles. The van der Waals surface area contributed by atoms with Crippen LogP contribution in [0.3, 0.4) is 0 Å². The predicted molar refractivity (Wildman–Crippen MR) is 82.8 cm³/mol. The van der Waals surface area contributed by atoms with Crippen LogP contribution in [0.25, 0.3) is 0 Å². The minimum Gasteiger partial charge on any atom is -0.310 e. The maximum atomic E-state index is 4.54. The van der Waals surface area contributed by atoms with E-state index in [4.69, 9.17) is 0 Å². The molecule has 1 N–H and O–H groups in total. The van der Waals surface area contributed by atoms with Crippen LogP contribution in [-0.4, -0.2) is 36.1 Å². The quantitative estimate of drug-likeness (QED) is 0.919. The maximum absolute atomic E-state index is 4.54. The molecule has 1 aromatic rings. The number of hydrogen-bond acceptors (Lipinski definition) is 4. The van der Waals surface area contributed by atoms with Crippen molar-refractivity contribution in [3.63, 3.8) is 0 Å². The number of likely N-dealkylation sites (N-methyl/N-ethyl adjacent to an activating group) is 1. The molecule has 0 spiro atoms. The third-order valence-electron chi connectivity index (χ3n) is 3.80. The van der Waals surface area contributed by atoms with Crippen LogP contribution in [0.15, 0.2) is 6.20 Å². The van der Waals surface area contributed by atoms with Gasteiger partial charge in [-0.2, -0.15) is 0 Å². The van der Waals surface area contributed by atoms with Crippen molar-refractivity contribution in [1.82, 2.24) is 15.2 Å². The Morgan fingerprint density at radius 2 is 2.21 bits per heavy atom. The second kappa shape index (κ2) is 6.33. The number of thiazole rings is 1. The SMILES string of the molecule is CN1CCCCC1CNCc1cnc(C(C)(C)C)s1. The van der Waals surface area contributed by atoms with E-state index in [0.29, 0.717) is 6.04 Å². The van der Waals surface area contributed by atoms with E-state index in [2.05, 4.69) is 43.0 Å². The molecule has 4 heteroatoms. The van der Waals surface area contributed by atoms with Crippen LogP contribution in [0.4, 0.5) is 0 Å². The Kier molecular flexibility index (Phi) is 4.98. The van der Waals surface area contributed by atoms with Gasteiger partial charge >= 0.3 is 0 Å². The Bertz CT molecular complexity index is 394. The van der Waals surface area contributed by atoms with E-state index in [0.717, 1.165) is 13.1 Å². The number of piperidine rings is 1. The molecule has 1 aliphatic heterocycles. The fraction of sp³-hybridized carbons (Fsp3) is 0.800. The minimum absolute atomic E-state index is 0.173. The molecule has 108 valence electrons. The fourth-order valence-corrected chi connectivity index (χ4v) is 3.44. The summed E-state index contributed by atoms with van der Waals surface area (Å²) in [5.41, 5.74) is 0.173. The first-order valence-corrected chi connectivity index (χ1v) is 8.14. The summed E-state index contributed by atoms with van der Waals surface area (Å²) in [6.45, 7) is 9.97. The van der Waals surface area contributed by atoms with Gasteiger partial charge in [-0.3, -0.25) is 0 Å². The van der Waals surface area contributed by atoms with Crippen LogP contribution in [0.1, 0.15) is 49.9 Å². The highest BCUT2D eigenvalue weighted by Gasteiger charge is 2.19. The highest BCUT2D eigenvalue weighted by atomic mass is 32.1. The van der Waals surface area contributed by atoms with Crippen molar-refractivity contribution >= 4 is 11.3 Å². The molecule has 1 saturated heterocycles. The molecule has 1 fully saturated rings. The molecule has 3 nitrogen and oxygen atoms in total. The van der Waals surface area contributed by atoms with Crippen LogP contribution in [-0.2, 0) is 12.0 Å². The number of nitrogens with zero attached hydrogens (tertiary/aromatic N) is 2. The van der Waals surface area contributed by atoms with Crippen molar-refractivity contribution in [3.05, 3.63) is 16.1 Å². The van der Waals surface area contributed by atoms with E-state index in [-0.39, 0.29) is 5.41 Å². The summed E-state index contributed by atoms with van der Waals surface area (Å²) in [6, 6.07) is 0.712. The number of likely N-dealkylation sites (tertiary alicyclic amines) is 1. The van der Waals surface area contributed by atoms with Gasteiger partial charge in [0.2, 0.25) is 0 Å². The summed E-state index contributed by atoms with van der Waals surface area (Å²) >= 11 is 1.84. The zero-order chi connectivity index (χ0) is 13.9. The average molecular weight is 281 g/mol. The molecule has 1 atom stereocenters. The number of hydrogen-bond donors (Lipinski definition) is 1. The second-order valence-corrected chi connectivity index (χ2v) is 7.76. The summed E-state index contributed by atoms with van der Waals surface area (Å²) in [5.74, 6) is 0. The zero-order valence-electron chi connectivity index (χ0n) is 12.7. The third kappa shape index (κ3) is 4.26. The molecule has 1 aromatic heterocycles. The Balaban J connectivity index is 1.78. The number of nitrogens with one attached hydrogen (secondary N) is 1. The molecule has 0 amide bonds. The normalized spacial score (nSPS) is 21.8. The molecule has 0 aromatic carbocycles. The summed E-state index contributed by atoms with van der Waals surface area (Å²) in [7, 11) is 2.25. The predicted octanol–water partition coefficient (Wildman–Crippen LogP) is 3.01. The second-order valence-electron chi connectivity index (χ2n) is 6.64. The van der Waals surface area contributed by atoms with Crippen LogP contribution < -0.4 is 5.32 Å². The molecule has 19 heavy (non-hydrogen) atoms. The highest BCUT2D eigenvalue weighted by molar-refractivity contribution is 7.11. The van der Waals surface area contributed by atoms with Gasteiger partial charge in [-0.15, -0.1) is 11.3 Å². The molecule has 2 heterocycles. The van der Waals surface area contributed by atoms with E-state index in [1.807, 2.05) is 17.5 Å². The van der Waals surface area contributed by atoms with Crippen molar-refractivity contribution in [2.24, 2.45) is 0 Å². The first-order valence-electron chi connectivity index (χ1n) is 7.33. The van der Waals surface area contributed by atoms with E-state index in [1.165, 1.54) is 35.7 Å². The minimum atomic E-state index is 0.173. The van der Waals surface area contributed by atoms with Crippen molar-refractivity contribution in [3.8, 4) is 0 Å². The van der Waals surface area contributed by atoms with Crippen LogP contribution in [0, 0.1) is 0 Å². The van der Waals surface area contributed by atoms with Gasteiger partial charge < -0.3 is 10.2 Å². The monoisotopic (exact) mass is 281 g/mol. The van der Waals surface area contributed by atoms with Gasteiger partial charge in [0.1, 0.15) is 0 Å². The molecule has 0 bridgehead atoms. The lowest BCUT2D eigenvalue weighted by molar-refractivity contribution is 0.181. The summed E-state index contributed by atoms with van der Waals surface area (Å²) < 4.78 is 0. The third-order valence-corrected chi connectivity index (χ3v) is 5.22. The van der Waals surface area contributed by atoms with E-state index in [1.54, 1.807) is 0 Å². The Morgan fingerprint density at radius 3 is 2.84 bits per heavy atom. The highest BCUT2D eigenvalue weighted by Crippen LogP contribution is 2.26. The average Bonchev–Trinajstić information content (AvgIpc) is 2.80. The van der Waals surface area contributed by atoms with E-state index >= 15 is 0 Å². The lowest BCUT2D eigenvalue weighted by Gasteiger charge is -2.32. The van der Waals surface area contributed by atoms with Crippen LogP contribution in [0.2, 0.25) is 0 Å². The van der Waals surface area contributed by atoms with Gasteiger partial charge in [0.15, 0.2) is 0 Å². The van der Waals surface area contributed by atoms with E-state index < -0.39 is 0 Å². The number of rotatable bonds is 4. The first-order chi connectivity index (χ1) is 8.97. The van der Waals surface area contributed by atoms with Crippen molar-refractivity contribution in [1.29, 1.82) is 0 Å². The van der Waals surface area contributed by atoms with Crippen molar-refractivity contribution < 1.29 is 0 Å². The molecule has 2 rings (SSSR count). The van der Waals surface area contributed by atoms with Gasteiger partial charge in [0, 0.05) is 35.6 Å². The lowest BCUT2D eigenvalue weighted by atomic mass is 9.98. The van der Waals surface area contributed by atoms with Gasteiger partial charge in [-0.05, 0) is 26.4 Å². The molecular weight excluding hydrogens is 254 g/mol. The lowest BCUT2D eigenvalue weighted by Crippen LogP contribution is -2.42. The van der Waals surface area contributed by atoms with Crippen LogP contribution >= 0.6 is 11.3 Å². The summed E-state index contributed by atoms with van der Waals surface area (Å²) in [5, 5.41) is 4.83. The summed E-state index contributed by atoms with van der Waals surface area (Å²) in [6.07, 6.45) is 6.10. The Labute approximate surface area is 121 Å². The fourth-order valence-electron chi connectivity index (χ4n) is 2.50. The molecule has 1 unspecified atom stereocenters. The van der Waals surface area contributed by atoms with E-state index in [9.17, 15) is 0 Å². The van der Waals surface area contributed by atoms with Crippen molar-refractivity contribution in [2.45, 2.75) is 58.0 Å². The molecule has 0 saturated carbocycles. The first kappa shape index (κ1) is 14.9. The Hall–Kier alpha value is -0.450. The topological polar surface area (TPSA) is 28.2 Å². The largest absolute Gasteiger partial charge is 0.310 e. The van der Waals surface area contributed by atoms with Crippen molar-refractivity contribution in [2.75, 3.05) is 20.1 Å². The number of aromatic nitrogens is 1.